The molecule has 0 aliphatic rings. The molecule has 0 aromatic carbocycles. The highest BCUT2D eigenvalue weighted by atomic mass is 32.1. The summed E-state index contributed by atoms with van der Waals surface area (Å²) in [6.45, 7) is 0.954. The van der Waals surface area contributed by atoms with Crippen LogP contribution in [-0.2, 0) is 13.2 Å². The zero-order valence-corrected chi connectivity index (χ0v) is 7.56. The Labute approximate surface area is 70.3 Å². The Kier molecular flexibility index (Phi) is 2.99. The topological polar surface area (TPSA) is 36.4 Å². The van der Waals surface area contributed by atoms with Crippen LogP contribution in [0.1, 0.15) is 9.88 Å². The highest BCUT2D eigenvalue weighted by Crippen LogP contribution is 2.13. The maximum atomic E-state index is 8.74. The lowest BCUT2D eigenvalue weighted by Crippen LogP contribution is -2.09. The van der Waals surface area contributed by atoms with Crippen LogP contribution in [0, 0.1) is 0 Å². The summed E-state index contributed by atoms with van der Waals surface area (Å²) in [6.07, 6.45) is 1.73. The lowest BCUT2D eigenvalue weighted by Gasteiger charge is -2.04. The number of thiazole rings is 1. The van der Waals surface area contributed by atoms with E-state index in [0.29, 0.717) is 0 Å². The van der Waals surface area contributed by atoms with Crippen molar-refractivity contribution in [2.75, 3.05) is 14.1 Å². The second-order valence-electron chi connectivity index (χ2n) is 2.62. The molecule has 0 saturated heterocycles. The highest BCUT2D eigenvalue weighted by Gasteiger charge is 2.00. The third kappa shape index (κ3) is 2.57. The lowest BCUT2D eigenvalue weighted by molar-refractivity contribution is 0.285. The van der Waals surface area contributed by atoms with Gasteiger partial charge in [0.15, 0.2) is 0 Å². The van der Waals surface area contributed by atoms with Crippen LogP contribution in [0.2, 0.25) is 0 Å². The number of aliphatic hydroxyl groups is 1. The van der Waals surface area contributed by atoms with Gasteiger partial charge < -0.3 is 10.0 Å². The molecule has 0 fully saturated rings. The Morgan fingerprint density at radius 1 is 1.64 bits per heavy atom. The first kappa shape index (κ1) is 8.64. The summed E-state index contributed by atoms with van der Waals surface area (Å²) in [6, 6.07) is 0. The van der Waals surface area contributed by atoms with Gasteiger partial charge in [-0.15, -0.1) is 11.3 Å². The Morgan fingerprint density at radius 3 is 2.82 bits per heavy atom. The van der Waals surface area contributed by atoms with Crippen molar-refractivity contribution in [1.82, 2.24) is 9.88 Å². The normalized spacial score (nSPS) is 10.9. The monoisotopic (exact) mass is 172 g/mol. The van der Waals surface area contributed by atoms with Crippen LogP contribution in [0.4, 0.5) is 0 Å². The molecule has 1 rings (SSSR count). The van der Waals surface area contributed by atoms with E-state index in [9.17, 15) is 0 Å². The van der Waals surface area contributed by atoms with Crippen molar-refractivity contribution in [2.24, 2.45) is 0 Å². The average Bonchev–Trinajstić information content (AvgIpc) is 2.34. The zero-order valence-electron chi connectivity index (χ0n) is 6.74. The van der Waals surface area contributed by atoms with Gasteiger partial charge in [-0.25, -0.2) is 4.98 Å². The van der Waals surface area contributed by atoms with Crippen molar-refractivity contribution in [2.45, 2.75) is 13.2 Å². The molecule has 62 valence electrons. The third-order valence-electron chi connectivity index (χ3n) is 1.21. The second-order valence-corrected chi connectivity index (χ2v) is 3.82. The summed E-state index contributed by atoms with van der Waals surface area (Å²) >= 11 is 1.56. The van der Waals surface area contributed by atoms with Crippen LogP contribution in [0.5, 0.6) is 0 Å². The summed E-state index contributed by atoms with van der Waals surface area (Å²) in [5.41, 5.74) is 0. The van der Waals surface area contributed by atoms with Crippen molar-refractivity contribution in [3.8, 4) is 0 Å². The minimum Gasteiger partial charge on any atom is -0.391 e. The minimum atomic E-state index is 0.102. The molecule has 0 atom stereocenters. The molecule has 1 N–H and O–H groups in total. The number of rotatable bonds is 3. The molecule has 1 heterocycles. The number of hydrogen-bond acceptors (Lipinski definition) is 4. The van der Waals surface area contributed by atoms with E-state index in [2.05, 4.69) is 9.88 Å². The molecule has 0 aliphatic heterocycles. The molecule has 4 heteroatoms. The standard InChI is InChI=1S/C7H12N2OS/c1-9(2)4-7-8-3-6(5-10)11-7/h3,10H,4-5H2,1-2H3. The minimum absolute atomic E-state index is 0.102. The van der Waals surface area contributed by atoms with Gasteiger partial charge in [0, 0.05) is 12.7 Å². The number of aromatic nitrogens is 1. The summed E-state index contributed by atoms with van der Waals surface area (Å²) in [5, 5.41) is 9.80. The van der Waals surface area contributed by atoms with Crippen molar-refractivity contribution in [3.05, 3.63) is 16.1 Å². The first-order valence-corrected chi connectivity index (χ1v) is 4.23. The molecular formula is C7H12N2OS. The summed E-state index contributed by atoms with van der Waals surface area (Å²) < 4.78 is 0. The van der Waals surface area contributed by atoms with Crippen molar-refractivity contribution >= 4 is 11.3 Å². The van der Waals surface area contributed by atoms with E-state index in [1.54, 1.807) is 17.5 Å². The summed E-state index contributed by atoms with van der Waals surface area (Å²) in [5.74, 6) is 0. The fourth-order valence-corrected chi connectivity index (χ4v) is 1.67. The first-order valence-electron chi connectivity index (χ1n) is 3.41. The molecule has 0 aliphatic carbocycles. The van der Waals surface area contributed by atoms with Gasteiger partial charge >= 0.3 is 0 Å². The molecule has 1 aromatic heterocycles. The Bertz CT molecular complexity index is 222. The predicted molar refractivity (Wildman–Crippen MR) is 45.4 cm³/mol. The fourth-order valence-electron chi connectivity index (χ4n) is 0.765. The maximum absolute atomic E-state index is 8.74. The summed E-state index contributed by atoms with van der Waals surface area (Å²) in [4.78, 5) is 7.13. The van der Waals surface area contributed by atoms with Gasteiger partial charge in [0.1, 0.15) is 5.01 Å². The molecule has 0 amide bonds. The molecule has 0 radical (unpaired) electrons. The van der Waals surface area contributed by atoms with Crippen molar-refractivity contribution in [3.63, 3.8) is 0 Å². The zero-order chi connectivity index (χ0) is 8.27. The van der Waals surface area contributed by atoms with E-state index in [1.807, 2.05) is 14.1 Å². The summed E-state index contributed by atoms with van der Waals surface area (Å²) in [7, 11) is 4.00. The van der Waals surface area contributed by atoms with E-state index in [1.165, 1.54) is 0 Å². The van der Waals surface area contributed by atoms with Gasteiger partial charge in [0.2, 0.25) is 0 Å². The maximum Gasteiger partial charge on any atom is 0.107 e. The van der Waals surface area contributed by atoms with E-state index >= 15 is 0 Å². The average molecular weight is 172 g/mol. The predicted octanol–water partition coefficient (Wildman–Crippen LogP) is 0.697. The van der Waals surface area contributed by atoms with E-state index in [-0.39, 0.29) is 6.61 Å². The fraction of sp³-hybridized carbons (Fsp3) is 0.571. The molecular weight excluding hydrogens is 160 g/mol. The van der Waals surface area contributed by atoms with E-state index in [0.717, 1.165) is 16.4 Å². The van der Waals surface area contributed by atoms with Crippen LogP contribution in [0.3, 0.4) is 0 Å². The van der Waals surface area contributed by atoms with Gasteiger partial charge in [-0.3, -0.25) is 0 Å². The van der Waals surface area contributed by atoms with Crippen LogP contribution < -0.4 is 0 Å². The van der Waals surface area contributed by atoms with Gasteiger partial charge in [0.05, 0.1) is 11.5 Å². The number of aliphatic hydroxyl groups excluding tert-OH is 1. The SMILES string of the molecule is CN(C)Cc1ncc(CO)s1. The van der Waals surface area contributed by atoms with Gasteiger partial charge in [0.25, 0.3) is 0 Å². The van der Waals surface area contributed by atoms with Gasteiger partial charge in [-0.1, -0.05) is 0 Å². The van der Waals surface area contributed by atoms with Gasteiger partial charge in [-0.2, -0.15) is 0 Å². The Morgan fingerprint density at radius 2 is 2.36 bits per heavy atom. The molecule has 0 bridgehead atoms. The first-order chi connectivity index (χ1) is 5.22. The number of hydrogen-bond donors (Lipinski definition) is 1. The second kappa shape index (κ2) is 3.80. The molecule has 11 heavy (non-hydrogen) atoms. The Hall–Kier alpha value is -0.450. The van der Waals surface area contributed by atoms with Crippen LogP contribution in [0.15, 0.2) is 6.20 Å². The quantitative estimate of drug-likeness (QED) is 0.729. The largest absolute Gasteiger partial charge is 0.391 e. The molecule has 3 nitrogen and oxygen atoms in total. The highest BCUT2D eigenvalue weighted by molar-refractivity contribution is 7.11. The van der Waals surface area contributed by atoms with Crippen molar-refractivity contribution < 1.29 is 5.11 Å². The van der Waals surface area contributed by atoms with Crippen LogP contribution in [-0.4, -0.2) is 29.1 Å². The van der Waals surface area contributed by atoms with E-state index < -0.39 is 0 Å². The van der Waals surface area contributed by atoms with E-state index in [4.69, 9.17) is 5.11 Å². The third-order valence-corrected chi connectivity index (χ3v) is 2.18. The molecule has 0 spiro atoms. The van der Waals surface area contributed by atoms with Gasteiger partial charge in [-0.05, 0) is 14.1 Å². The molecule has 0 unspecified atom stereocenters. The number of nitrogens with zero attached hydrogens (tertiary/aromatic N) is 2. The van der Waals surface area contributed by atoms with Crippen LogP contribution in [0.25, 0.3) is 0 Å². The van der Waals surface area contributed by atoms with Crippen molar-refractivity contribution in [1.29, 1.82) is 0 Å². The Balaban J connectivity index is 2.58. The lowest BCUT2D eigenvalue weighted by atomic mass is 10.6. The molecule has 1 aromatic rings. The smallest absolute Gasteiger partial charge is 0.107 e. The van der Waals surface area contributed by atoms with Crippen LogP contribution >= 0.6 is 11.3 Å². The molecule has 0 saturated carbocycles.